The lowest BCUT2D eigenvalue weighted by molar-refractivity contribution is 0.231. The average molecular weight is 333 g/mol. The molecule has 2 aliphatic rings. The zero-order chi connectivity index (χ0) is 16.9. The van der Waals surface area contributed by atoms with Crippen molar-refractivity contribution in [3.63, 3.8) is 0 Å². The van der Waals surface area contributed by atoms with Crippen LogP contribution >= 0.6 is 0 Å². The number of ether oxygens (including phenoxy) is 1. The van der Waals surface area contributed by atoms with E-state index < -0.39 is 11.6 Å². The first kappa shape index (κ1) is 15.1. The minimum Gasteiger partial charge on any atom is -0.472 e. The van der Waals surface area contributed by atoms with Gasteiger partial charge in [-0.05, 0) is 25.3 Å². The van der Waals surface area contributed by atoms with Crippen LogP contribution in [0.4, 0.5) is 14.6 Å². The van der Waals surface area contributed by atoms with Crippen molar-refractivity contribution in [2.24, 2.45) is 0 Å². The highest BCUT2D eigenvalue weighted by Crippen LogP contribution is 2.45. The van der Waals surface area contributed by atoms with Gasteiger partial charge in [0.15, 0.2) is 11.6 Å². The molecule has 1 aromatic heterocycles. The molecule has 1 saturated carbocycles. The lowest BCUT2D eigenvalue weighted by Gasteiger charge is -2.44. The molecule has 0 amide bonds. The Morgan fingerprint density at radius 2 is 2.12 bits per heavy atom. The van der Waals surface area contributed by atoms with Crippen LogP contribution in [0, 0.1) is 11.6 Å². The largest absolute Gasteiger partial charge is 0.472 e. The van der Waals surface area contributed by atoms with E-state index in [4.69, 9.17) is 4.74 Å². The van der Waals surface area contributed by atoms with Gasteiger partial charge in [0.25, 0.3) is 0 Å². The van der Waals surface area contributed by atoms with Crippen molar-refractivity contribution in [1.82, 2.24) is 9.55 Å². The SMILES string of the molecule is CN1c2cc(OCc3cccc(F)c3F)nc(=O)n2CC12CCC2. The van der Waals surface area contributed by atoms with Crippen LogP contribution in [0.1, 0.15) is 24.8 Å². The number of halogens is 2. The summed E-state index contributed by atoms with van der Waals surface area (Å²) in [5.74, 6) is -0.992. The summed E-state index contributed by atoms with van der Waals surface area (Å²) in [5, 5.41) is 0. The van der Waals surface area contributed by atoms with E-state index in [2.05, 4.69) is 9.88 Å². The van der Waals surface area contributed by atoms with Gasteiger partial charge in [0.1, 0.15) is 12.4 Å². The predicted molar refractivity (Wildman–Crippen MR) is 84.2 cm³/mol. The Balaban J connectivity index is 1.59. The van der Waals surface area contributed by atoms with Crippen molar-refractivity contribution in [3.05, 3.63) is 51.9 Å². The quantitative estimate of drug-likeness (QED) is 0.866. The van der Waals surface area contributed by atoms with Gasteiger partial charge in [0.2, 0.25) is 5.88 Å². The summed E-state index contributed by atoms with van der Waals surface area (Å²) in [7, 11) is 1.97. The molecule has 0 atom stereocenters. The van der Waals surface area contributed by atoms with Crippen molar-refractivity contribution in [2.75, 3.05) is 11.9 Å². The Hall–Kier alpha value is -2.44. The van der Waals surface area contributed by atoms with Gasteiger partial charge in [-0.3, -0.25) is 4.57 Å². The van der Waals surface area contributed by atoms with Gasteiger partial charge >= 0.3 is 5.69 Å². The molecule has 2 aromatic rings. The number of rotatable bonds is 3. The molecule has 0 saturated heterocycles. The van der Waals surface area contributed by atoms with Crippen LogP contribution in [0.3, 0.4) is 0 Å². The number of aromatic nitrogens is 2. The summed E-state index contributed by atoms with van der Waals surface area (Å²) in [6.45, 7) is 0.456. The van der Waals surface area contributed by atoms with Gasteiger partial charge in [-0.1, -0.05) is 12.1 Å². The molecule has 1 aliphatic carbocycles. The Labute approximate surface area is 137 Å². The van der Waals surface area contributed by atoms with E-state index in [9.17, 15) is 13.6 Å². The minimum absolute atomic E-state index is 0.0150. The van der Waals surface area contributed by atoms with Gasteiger partial charge < -0.3 is 9.64 Å². The third-order valence-corrected chi connectivity index (χ3v) is 5.16. The predicted octanol–water partition coefficient (Wildman–Crippen LogP) is 2.47. The Bertz CT molecular complexity index is 861. The molecule has 24 heavy (non-hydrogen) atoms. The van der Waals surface area contributed by atoms with Crippen molar-refractivity contribution in [1.29, 1.82) is 0 Å². The molecule has 2 heterocycles. The lowest BCUT2D eigenvalue weighted by atomic mass is 9.76. The number of benzene rings is 1. The van der Waals surface area contributed by atoms with Crippen LogP contribution < -0.4 is 15.3 Å². The molecule has 4 rings (SSSR count). The fourth-order valence-corrected chi connectivity index (χ4v) is 3.51. The lowest BCUT2D eigenvalue weighted by Crippen LogP contribution is -2.50. The van der Waals surface area contributed by atoms with E-state index in [0.717, 1.165) is 31.1 Å². The second-order valence-electron chi connectivity index (χ2n) is 6.46. The molecule has 7 heteroatoms. The Morgan fingerprint density at radius 3 is 2.83 bits per heavy atom. The minimum atomic E-state index is -0.944. The fourth-order valence-electron chi connectivity index (χ4n) is 3.51. The molecule has 5 nitrogen and oxygen atoms in total. The third kappa shape index (κ3) is 2.18. The van der Waals surface area contributed by atoms with Gasteiger partial charge in [-0.25, -0.2) is 13.6 Å². The number of hydrogen-bond acceptors (Lipinski definition) is 4. The maximum atomic E-state index is 13.7. The number of likely N-dealkylation sites (N-methyl/N-ethyl adjacent to an activating group) is 1. The van der Waals surface area contributed by atoms with Crippen molar-refractivity contribution in [2.45, 2.75) is 38.0 Å². The summed E-state index contributed by atoms with van der Waals surface area (Å²) in [5.41, 5.74) is -0.278. The molecule has 1 aliphatic heterocycles. The van der Waals surface area contributed by atoms with E-state index in [1.54, 1.807) is 10.6 Å². The van der Waals surface area contributed by atoms with Gasteiger partial charge in [-0.15, -0.1) is 0 Å². The number of anilines is 1. The average Bonchev–Trinajstić information content (AvgIpc) is 2.83. The maximum absolute atomic E-state index is 13.7. The van der Waals surface area contributed by atoms with Crippen LogP contribution in [0.5, 0.6) is 5.88 Å². The smallest absolute Gasteiger partial charge is 0.352 e. The summed E-state index contributed by atoms with van der Waals surface area (Å²) in [4.78, 5) is 18.3. The maximum Gasteiger partial charge on any atom is 0.352 e. The van der Waals surface area contributed by atoms with Crippen LogP contribution in [-0.2, 0) is 13.2 Å². The second-order valence-corrected chi connectivity index (χ2v) is 6.46. The second kappa shape index (κ2) is 5.29. The summed E-state index contributed by atoms with van der Waals surface area (Å²) < 4.78 is 34.0. The molecule has 126 valence electrons. The molecule has 0 unspecified atom stereocenters. The molecular formula is C17H17F2N3O2. The normalized spacial score (nSPS) is 17.7. The van der Waals surface area contributed by atoms with E-state index in [0.29, 0.717) is 6.54 Å². The molecule has 0 bridgehead atoms. The molecule has 0 radical (unpaired) electrons. The first-order chi connectivity index (χ1) is 11.5. The number of hydrogen-bond donors (Lipinski definition) is 0. The van der Waals surface area contributed by atoms with Crippen LogP contribution in [0.15, 0.2) is 29.1 Å². The zero-order valence-corrected chi connectivity index (χ0v) is 13.3. The van der Waals surface area contributed by atoms with Gasteiger partial charge in [0, 0.05) is 18.7 Å². The third-order valence-electron chi connectivity index (χ3n) is 5.16. The van der Waals surface area contributed by atoms with E-state index in [1.165, 1.54) is 12.1 Å². The van der Waals surface area contributed by atoms with E-state index in [-0.39, 0.29) is 29.3 Å². The Morgan fingerprint density at radius 1 is 1.33 bits per heavy atom. The van der Waals surface area contributed by atoms with E-state index >= 15 is 0 Å². The Kier molecular flexibility index (Phi) is 3.33. The first-order valence-electron chi connectivity index (χ1n) is 7.92. The van der Waals surface area contributed by atoms with Crippen LogP contribution in [0.25, 0.3) is 0 Å². The van der Waals surface area contributed by atoms with Crippen molar-refractivity contribution in [3.8, 4) is 5.88 Å². The topological polar surface area (TPSA) is 47.4 Å². The standard InChI is InChI=1S/C17H17F2N3O2/c1-21-14-8-13(24-9-11-4-2-5-12(18)15(11)19)20-16(23)22(14)10-17(21)6-3-7-17/h2,4-5,8H,3,6-7,9-10H2,1H3. The molecular weight excluding hydrogens is 316 g/mol. The van der Waals surface area contributed by atoms with Crippen LogP contribution in [0.2, 0.25) is 0 Å². The molecule has 1 aromatic carbocycles. The summed E-state index contributed by atoms with van der Waals surface area (Å²) in [6.07, 6.45) is 3.26. The number of fused-ring (bicyclic) bond motifs is 1. The first-order valence-corrected chi connectivity index (χ1v) is 7.92. The molecule has 1 spiro atoms. The van der Waals surface area contributed by atoms with Gasteiger partial charge in [-0.2, -0.15) is 4.98 Å². The van der Waals surface area contributed by atoms with Crippen molar-refractivity contribution >= 4 is 5.82 Å². The highest BCUT2D eigenvalue weighted by Gasteiger charge is 2.47. The highest BCUT2D eigenvalue weighted by atomic mass is 19.2. The van der Waals surface area contributed by atoms with Gasteiger partial charge in [0.05, 0.1) is 12.1 Å². The highest BCUT2D eigenvalue weighted by molar-refractivity contribution is 5.49. The summed E-state index contributed by atoms with van der Waals surface area (Å²) in [6, 6.07) is 5.59. The molecule has 0 N–H and O–H groups in total. The zero-order valence-electron chi connectivity index (χ0n) is 13.3. The fraction of sp³-hybridized carbons (Fsp3) is 0.412. The van der Waals surface area contributed by atoms with Crippen LogP contribution in [-0.4, -0.2) is 22.1 Å². The van der Waals surface area contributed by atoms with E-state index in [1.807, 2.05) is 7.05 Å². The molecule has 1 fully saturated rings. The van der Waals surface area contributed by atoms with Crippen molar-refractivity contribution < 1.29 is 13.5 Å². The summed E-state index contributed by atoms with van der Waals surface area (Å²) >= 11 is 0. The monoisotopic (exact) mass is 333 g/mol. The number of nitrogens with zero attached hydrogens (tertiary/aromatic N) is 3.